The second-order valence-electron chi connectivity index (χ2n) is 5.11. The highest BCUT2D eigenvalue weighted by molar-refractivity contribution is 4.86. The van der Waals surface area contributed by atoms with Gasteiger partial charge in [-0.05, 0) is 45.4 Å². The monoisotopic (exact) mass is 170 g/mol. The Morgan fingerprint density at radius 1 is 1.25 bits per heavy atom. The molecular formula is C11H22O. The fourth-order valence-corrected chi connectivity index (χ4v) is 1.65. The van der Waals surface area contributed by atoms with Crippen LogP contribution in [0.4, 0.5) is 0 Å². The molecule has 1 aliphatic carbocycles. The minimum Gasteiger partial charge on any atom is -0.375 e. The van der Waals surface area contributed by atoms with Crippen LogP contribution in [0.3, 0.4) is 0 Å². The summed E-state index contributed by atoms with van der Waals surface area (Å²) in [5, 5.41) is 0. The van der Waals surface area contributed by atoms with Crippen molar-refractivity contribution in [2.45, 2.75) is 59.0 Å². The molecule has 0 aromatic heterocycles. The molecule has 0 aromatic carbocycles. The van der Waals surface area contributed by atoms with E-state index in [9.17, 15) is 0 Å². The summed E-state index contributed by atoms with van der Waals surface area (Å²) in [7, 11) is 0. The van der Waals surface area contributed by atoms with Crippen molar-refractivity contribution in [1.29, 1.82) is 0 Å². The van der Waals surface area contributed by atoms with Gasteiger partial charge in [0.2, 0.25) is 0 Å². The molecule has 0 N–H and O–H groups in total. The molecule has 0 aromatic rings. The summed E-state index contributed by atoms with van der Waals surface area (Å²) < 4.78 is 5.83. The Morgan fingerprint density at radius 2 is 1.83 bits per heavy atom. The largest absolute Gasteiger partial charge is 0.375 e. The number of rotatable bonds is 3. The van der Waals surface area contributed by atoms with E-state index in [-0.39, 0.29) is 5.60 Å². The molecule has 0 spiro atoms. The molecule has 12 heavy (non-hydrogen) atoms. The van der Waals surface area contributed by atoms with Crippen molar-refractivity contribution in [1.82, 2.24) is 0 Å². The summed E-state index contributed by atoms with van der Waals surface area (Å²) in [4.78, 5) is 0. The third-order valence-electron chi connectivity index (χ3n) is 2.98. The second-order valence-corrected chi connectivity index (χ2v) is 5.11. The Bertz CT molecular complexity index is 134. The van der Waals surface area contributed by atoms with E-state index in [1.807, 2.05) is 0 Å². The lowest BCUT2D eigenvalue weighted by Crippen LogP contribution is -2.37. The number of hydrogen-bond donors (Lipinski definition) is 0. The molecule has 0 amide bonds. The third-order valence-corrected chi connectivity index (χ3v) is 2.98. The van der Waals surface area contributed by atoms with Crippen LogP contribution < -0.4 is 0 Å². The molecule has 1 nitrogen and oxygen atoms in total. The van der Waals surface area contributed by atoms with Gasteiger partial charge in [-0.1, -0.05) is 13.3 Å². The van der Waals surface area contributed by atoms with Crippen molar-refractivity contribution in [2.24, 2.45) is 5.41 Å². The van der Waals surface area contributed by atoms with Crippen LogP contribution in [0.2, 0.25) is 0 Å². The lowest BCUT2D eigenvalue weighted by molar-refractivity contribution is -0.0797. The van der Waals surface area contributed by atoms with E-state index < -0.39 is 0 Å². The first kappa shape index (κ1) is 10.0. The predicted octanol–water partition coefficient (Wildman–Crippen LogP) is 3.38. The molecule has 1 fully saturated rings. The number of ether oxygens (including phenoxy) is 1. The summed E-state index contributed by atoms with van der Waals surface area (Å²) in [5.74, 6) is 0. The lowest BCUT2D eigenvalue weighted by Gasteiger charge is -2.42. The Kier molecular flexibility index (Phi) is 2.82. The van der Waals surface area contributed by atoms with Crippen molar-refractivity contribution in [2.75, 3.05) is 6.61 Å². The Hall–Kier alpha value is -0.0400. The summed E-state index contributed by atoms with van der Waals surface area (Å²) in [6, 6.07) is 0. The normalized spacial score (nSPS) is 22.0. The quantitative estimate of drug-likeness (QED) is 0.631. The van der Waals surface area contributed by atoms with Crippen molar-refractivity contribution < 1.29 is 4.74 Å². The molecule has 1 heteroatoms. The fraction of sp³-hybridized carbons (Fsp3) is 1.00. The van der Waals surface area contributed by atoms with Gasteiger partial charge in [-0.2, -0.15) is 0 Å². The van der Waals surface area contributed by atoms with Crippen LogP contribution in [0.25, 0.3) is 0 Å². The van der Waals surface area contributed by atoms with Crippen molar-refractivity contribution in [3.05, 3.63) is 0 Å². The van der Waals surface area contributed by atoms with E-state index in [1.165, 1.54) is 25.7 Å². The van der Waals surface area contributed by atoms with E-state index in [2.05, 4.69) is 27.7 Å². The predicted molar refractivity (Wildman–Crippen MR) is 52.3 cm³/mol. The van der Waals surface area contributed by atoms with Gasteiger partial charge in [0.05, 0.1) is 12.2 Å². The van der Waals surface area contributed by atoms with Gasteiger partial charge < -0.3 is 4.74 Å². The first-order valence-corrected chi connectivity index (χ1v) is 5.11. The van der Waals surface area contributed by atoms with Crippen molar-refractivity contribution in [3.8, 4) is 0 Å². The molecule has 0 heterocycles. The van der Waals surface area contributed by atoms with Gasteiger partial charge in [0, 0.05) is 0 Å². The highest BCUT2D eigenvalue weighted by atomic mass is 16.5. The molecule has 0 unspecified atom stereocenters. The summed E-state index contributed by atoms with van der Waals surface area (Å²) in [5.41, 5.74) is 0.588. The molecule has 0 atom stereocenters. The molecule has 0 aliphatic heterocycles. The molecule has 1 rings (SSSR count). The first-order chi connectivity index (χ1) is 5.47. The van der Waals surface area contributed by atoms with Crippen LogP contribution in [-0.4, -0.2) is 12.2 Å². The van der Waals surface area contributed by atoms with E-state index in [4.69, 9.17) is 4.74 Å². The minimum atomic E-state index is 0.0394. The standard InChI is InChI=1S/C11H22O/c1-5-11(7-6-8-11)9-12-10(2,3)4/h5-9H2,1-4H3. The van der Waals surface area contributed by atoms with Gasteiger partial charge in [0.25, 0.3) is 0 Å². The molecule has 1 saturated carbocycles. The van der Waals surface area contributed by atoms with E-state index >= 15 is 0 Å². The third kappa shape index (κ3) is 2.48. The average molecular weight is 170 g/mol. The maximum absolute atomic E-state index is 5.83. The Labute approximate surface area is 76.5 Å². The highest BCUT2D eigenvalue weighted by Gasteiger charge is 2.36. The maximum atomic E-state index is 5.83. The number of hydrogen-bond acceptors (Lipinski definition) is 1. The second kappa shape index (κ2) is 3.37. The summed E-state index contributed by atoms with van der Waals surface area (Å²) >= 11 is 0. The van der Waals surface area contributed by atoms with Gasteiger partial charge in [-0.3, -0.25) is 0 Å². The van der Waals surface area contributed by atoms with E-state index in [1.54, 1.807) is 0 Å². The smallest absolute Gasteiger partial charge is 0.0598 e. The topological polar surface area (TPSA) is 9.23 Å². The maximum Gasteiger partial charge on any atom is 0.0598 e. The molecule has 1 aliphatic rings. The summed E-state index contributed by atoms with van der Waals surface area (Å²) in [6.07, 6.45) is 5.43. The van der Waals surface area contributed by atoms with Crippen LogP contribution in [0.1, 0.15) is 53.4 Å². The first-order valence-electron chi connectivity index (χ1n) is 5.11. The summed E-state index contributed by atoms with van der Waals surface area (Å²) in [6.45, 7) is 9.65. The Morgan fingerprint density at radius 3 is 2.08 bits per heavy atom. The van der Waals surface area contributed by atoms with Crippen LogP contribution in [0.15, 0.2) is 0 Å². The SMILES string of the molecule is CCC1(COC(C)(C)C)CCC1. The molecule has 72 valence electrons. The fourth-order valence-electron chi connectivity index (χ4n) is 1.65. The van der Waals surface area contributed by atoms with Gasteiger partial charge in [-0.25, -0.2) is 0 Å². The zero-order valence-corrected chi connectivity index (χ0v) is 8.94. The van der Waals surface area contributed by atoms with Crippen LogP contribution >= 0.6 is 0 Å². The van der Waals surface area contributed by atoms with Gasteiger partial charge in [0.15, 0.2) is 0 Å². The zero-order valence-electron chi connectivity index (χ0n) is 8.94. The molecule has 0 saturated heterocycles. The van der Waals surface area contributed by atoms with Crippen molar-refractivity contribution in [3.63, 3.8) is 0 Å². The Balaban J connectivity index is 2.30. The molecule has 0 bridgehead atoms. The minimum absolute atomic E-state index is 0.0394. The molecular weight excluding hydrogens is 148 g/mol. The van der Waals surface area contributed by atoms with Crippen molar-refractivity contribution >= 4 is 0 Å². The average Bonchev–Trinajstić information content (AvgIpc) is 1.84. The van der Waals surface area contributed by atoms with E-state index in [0.29, 0.717) is 5.41 Å². The highest BCUT2D eigenvalue weighted by Crippen LogP contribution is 2.44. The lowest BCUT2D eigenvalue weighted by atomic mass is 9.67. The van der Waals surface area contributed by atoms with Crippen LogP contribution in [0.5, 0.6) is 0 Å². The van der Waals surface area contributed by atoms with Crippen LogP contribution in [0, 0.1) is 5.41 Å². The van der Waals surface area contributed by atoms with Gasteiger partial charge in [0.1, 0.15) is 0 Å². The van der Waals surface area contributed by atoms with E-state index in [0.717, 1.165) is 6.61 Å². The van der Waals surface area contributed by atoms with Gasteiger partial charge in [-0.15, -0.1) is 0 Å². The van der Waals surface area contributed by atoms with Gasteiger partial charge >= 0.3 is 0 Å². The van der Waals surface area contributed by atoms with Crippen LogP contribution in [-0.2, 0) is 4.74 Å². The molecule has 0 radical (unpaired) electrons. The zero-order chi connectivity index (χ0) is 9.24.